The summed E-state index contributed by atoms with van der Waals surface area (Å²) in [6.07, 6.45) is 0. The molecule has 5 nitrogen and oxygen atoms in total. The lowest BCUT2D eigenvalue weighted by molar-refractivity contribution is 0.0698. The number of amides is 1. The van der Waals surface area contributed by atoms with E-state index in [2.05, 4.69) is 5.32 Å². The fraction of sp³-hybridized carbons (Fsp3) is 0.0667. The van der Waals surface area contributed by atoms with Crippen LogP contribution in [0.3, 0.4) is 0 Å². The Bertz CT molecular complexity index is 728. The van der Waals surface area contributed by atoms with Gasteiger partial charge in [0.25, 0.3) is 5.91 Å². The number of carbonyl (C=O) groups is 2. The van der Waals surface area contributed by atoms with Crippen molar-refractivity contribution in [3.05, 3.63) is 58.1 Å². The SMILES string of the molecule is Cc1cc(O)ccc1C(=O)Nc1ccc(Cl)cc1C(=O)O. The summed E-state index contributed by atoms with van der Waals surface area (Å²) in [7, 11) is 0. The van der Waals surface area contributed by atoms with E-state index in [1.807, 2.05) is 0 Å². The number of anilines is 1. The highest BCUT2D eigenvalue weighted by atomic mass is 35.5. The van der Waals surface area contributed by atoms with Crippen LogP contribution in [-0.2, 0) is 0 Å². The van der Waals surface area contributed by atoms with E-state index in [1.54, 1.807) is 6.92 Å². The molecule has 21 heavy (non-hydrogen) atoms. The van der Waals surface area contributed by atoms with Gasteiger partial charge in [0, 0.05) is 10.6 Å². The summed E-state index contributed by atoms with van der Waals surface area (Å²) in [6, 6.07) is 8.50. The zero-order valence-corrected chi connectivity index (χ0v) is 11.8. The van der Waals surface area contributed by atoms with Gasteiger partial charge in [-0.05, 0) is 48.9 Å². The van der Waals surface area contributed by atoms with Crippen LogP contribution in [0.4, 0.5) is 5.69 Å². The van der Waals surface area contributed by atoms with Gasteiger partial charge < -0.3 is 15.5 Å². The van der Waals surface area contributed by atoms with Crippen molar-refractivity contribution in [2.75, 3.05) is 5.32 Å². The molecular weight excluding hydrogens is 294 g/mol. The first-order chi connectivity index (χ1) is 9.88. The van der Waals surface area contributed by atoms with Crippen molar-refractivity contribution in [1.29, 1.82) is 0 Å². The van der Waals surface area contributed by atoms with Crippen molar-refractivity contribution in [2.45, 2.75) is 6.92 Å². The molecule has 0 saturated carbocycles. The lowest BCUT2D eigenvalue weighted by Crippen LogP contribution is -2.15. The standard InChI is InChI=1S/C15H12ClNO4/c1-8-6-10(18)3-4-11(8)14(19)17-13-5-2-9(16)7-12(13)15(20)21/h2-7,18H,1H3,(H,17,19)(H,20,21). The molecule has 2 rings (SSSR count). The summed E-state index contributed by atoms with van der Waals surface area (Å²) in [5.74, 6) is -1.59. The van der Waals surface area contributed by atoms with Gasteiger partial charge in [-0.2, -0.15) is 0 Å². The molecule has 1 amide bonds. The third kappa shape index (κ3) is 3.32. The van der Waals surface area contributed by atoms with Crippen LogP contribution in [0.1, 0.15) is 26.3 Å². The van der Waals surface area contributed by atoms with E-state index >= 15 is 0 Å². The minimum Gasteiger partial charge on any atom is -0.508 e. The summed E-state index contributed by atoms with van der Waals surface area (Å²) in [5.41, 5.74) is 0.995. The van der Waals surface area contributed by atoms with Gasteiger partial charge in [0.2, 0.25) is 0 Å². The maximum Gasteiger partial charge on any atom is 0.337 e. The molecule has 3 N–H and O–H groups in total. The van der Waals surface area contributed by atoms with E-state index < -0.39 is 11.9 Å². The average Bonchev–Trinajstić information content (AvgIpc) is 2.40. The molecule has 0 aliphatic rings. The van der Waals surface area contributed by atoms with Crippen LogP contribution in [0.5, 0.6) is 5.75 Å². The van der Waals surface area contributed by atoms with Crippen molar-refractivity contribution in [2.24, 2.45) is 0 Å². The number of carbonyl (C=O) groups excluding carboxylic acids is 1. The Morgan fingerprint density at radius 3 is 2.43 bits per heavy atom. The third-order valence-electron chi connectivity index (χ3n) is 2.91. The maximum absolute atomic E-state index is 12.2. The van der Waals surface area contributed by atoms with Crippen LogP contribution >= 0.6 is 11.6 Å². The number of carboxylic acids is 1. The van der Waals surface area contributed by atoms with E-state index in [-0.39, 0.29) is 22.0 Å². The van der Waals surface area contributed by atoms with E-state index in [9.17, 15) is 14.7 Å². The second kappa shape index (κ2) is 5.85. The Balaban J connectivity index is 2.34. The summed E-state index contributed by atoms with van der Waals surface area (Å²) in [5, 5.41) is 21.3. The molecule has 2 aromatic carbocycles. The molecule has 0 heterocycles. The lowest BCUT2D eigenvalue weighted by Gasteiger charge is -2.10. The number of aromatic hydroxyl groups is 1. The maximum atomic E-state index is 12.2. The molecule has 0 bridgehead atoms. The quantitative estimate of drug-likeness (QED) is 0.812. The van der Waals surface area contributed by atoms with Crippen molar-refractivity contribution < 1.29 is 19.8 Å². The number of nitrogens with one attached hydrogen (secondary N) is 1. The van der Waals surface area contributed by atoms with Crippen LogP contribution in [0.25, 0.3) is 0 Å². The average molecular weight is 306 g/mol. The van der Waals surface area contributed by atoms with E-state index in [4.69, 9.17) is 16.7 Å². The summed E-state index contributed by atoms with van der Waals surface area (Å²) < 4.78 is 0. The van der Waals surface area contributed by atoms with Crippen LogP contribution in [0, 0.1) is 6.92 Å². The van der Waals surface area contributed by atoms with Gasteiger partial charge in [0.05, 0.1) is 11.3 Å². The second-order valence-electron chi connectivity index (χ2n) is 4.45. The molecule has 0 radical (unpaired) electrons. The highest BCUT2D eigenvalue weighted by Gasteiger charge is 2.15. The minimum absolute atomic E-state index is 0.0572. The molecule has 0 atom stereocenters. The van der Waals surface area contributed by atoms with Crippen LogP contribution in [0.2, 0.25) is 5.02 Å². The van der Waals surface area contributed by atoms with Gasteiger partial charge in [-0.15, -0.1) is 0 Å². The summed E-state index contributed by atoms with van der Waals surface area (Å²) >= 11 is 5.75. The predicted molar refractivity (Wildman–Crippen MR) is 79.2 cm³/mol. The summed E-state index contributed by atoms with van der Waals surface area (Å²) in [4.78, 5) is 23.3. The van der Waals surface area contributed by atoms with Crippen LogP contribution < -0.4 is 5.32 Å². The number of rotatable bonds is 3. The number of hydrogen-bond acceptors (Lipinski definition) is 3. The molecule has 0 saturated heterocycles. The normalized spacial score (nSPS) is 10.2. The summed E-state index contributed by atoms with van der Waals surface area (Å²) in [6.45, 7) is 1.68. The zero-order chi connectivity index (χ0) is 15.6. The van der Waals surface area contributed by atoms with Crippen molar-refractivity contribution in [3.63, 3.8) is 0 Å². The third-order valence-corrected chi connectivity index (χ3v) is 3.15. The van der Waals surface area contributed by atoms with Crippen LogP contribution in [0.15, 0.2) is 36.4 Å². The van der Waals surface area contributed by atoms with Gasteiger partial charge in [-0.25, -0.2) is 4.79 Å². The number of phenolic OH excluding ortho intramolecular Hbond substituents is 1. The zero-order valence-electron chi connectivity index (χ0n) is 11.1. The highest BCUT2D eigenvalue weighted by Crippen LogP contribution is 2.22. The van der Waals surface area contributed by atoms with E-state index in [0.717, 1.165) is 0 Å². The fourth-order valence-corrected chi connectivity index (χ4v) is 2.07. The Labute approximate surface area is 125 Å². The van der Waals surface area contributed by atoms with E-state index in [1.165, 1.54) is 36.4 Å². The Hall–Kier alpha value is -2.53. The number of phenols is 1. The highest BCUT2D eigenvalue weighted by molar-refractivity contribution is 6.31. The predicted octanol–water partition coefficient (Wildman–Crippen LogP) is 3.30. The van der Waals surface area contributed by atoms with Gasteiger partial charge in [0.15, 0.2) is 0 Å². The smallest absolute Gasteiger partial charge is 0.337 e. The Kier molecular flexibility index (Phi) is 4.14. The fourth-order valence-electron chi connectivity index (χ4n) is 1.89. The molecule has 0 unspecified atom stereocenters. The number of aryl methyl sites for hydroxylation is 1. The van der Waals surface area contributed by atoms with Crippen LogP contribution in [-0.4, -0.2) is 22.1 Å². The second-order valence-corrected chi connectivity index (χ2v) is 4.88. The molecule has 0 aliphatic heterocycles. The van der Waals surface area contributed by atoms with Crippen molar-refractivity contribution in [3.8, 4) is 5.75 Å². The minimum atomic E-state index is -1.18. The molecule has 2 aromatic rings. The molecule has 6 heteroatoms. The number of hydrogen-bond donors (Lipinski definition) is 3. The first-order valence-corrected chi connectivity index (χ1v) is 6.40. The monoisotopic (exact) mass is 305 g/mol. The number of halogens is 1. The molecule has 0 aliphatic carbocycles. The van der Waals surface area contributed by atoms with Gasteiger partial charge in [0.1, 0.15) is 5.75 Å². The van der Waals surface area contributed by atoms with E-state index in [0.29, 0.717) is 11.1 Å². The number of carboxylic acid groups (broad SMARTS) is 1. The largest absolute Gasteiger partial charge is 0.508 e. The number of aromatic carboxylic acids is 1. The molecule has 0 spiro atoms. The molecule has 0 fully saturated rings. The van der Waals surface area contributed by atoms with Gasteiger partial charge in [-0.1, -0.05) is 11.6 Å². The molecular formula is C15H12ClNO4. The van der Waals surface area contributed by atoms with Gasteiger partial charge in [-0.3, -0.25) is 4.79 Å². The van der Waals surface area contributed by atoms with Gasteiger partial charge >= 0.3 is 5.97 Å². The number of benzene rings is 2. The Morgan fingerprint density at radius 2 is 1.81 bits per heavy atom. The first-order valence-electron chi connectivity index (χ1n) is 6.02. The lowest BCUT2D eigenvalue weighted by atomic mass is 10.1. The molecule has 108 valence electrons. The van der Waals surface area contributed by atoms with Crippen molar-refractivity contribution >= 4 is 29.2 Å². The molecule has 0 aromatic heterocycles. The first kappa shape index (κ1) is 14.9. The topological polar surface area (TPSA) is 86.6 Å². The Morgan fingerprint density at radius 1 is 1.10 bits per heavy atom. The van der Waals surface area contributed by atoms with Crippen molar-refractivity contribution in [1.82, 2.24) is 0 Å².